The largest absolute Gasteiger partial charge is 0.363 e. The molecule has 0 saturated carbocycles. The van der Waals surface area contributed by atoms with Gasteiger partial charge in [0.15, 0.2) is 0 Å². The van der Waals surface area contributed by atoms with Gasteiger partial charge in [-0.15, -0.1) is 0 Å². The highest BCUT2D eigenvalue weighted by molar-refractivity contribution is 7.93. The molecule has 0 aliphatic carbocycles. The summed E-state index contributed by atoms with van der Waals surface area (Å²) in [6.45, 7) is 2.61. The maximum Gasteiger partial charge on any atom is 0.235 e. The van der Waals surface area contributed by atoms with Crippen LogP contribution < -0.4 is 9.62 Å². The van der Waals surface area contributed by atoms with E-state index in [1.807, 2.05) is 48.5 Å². The van der Waals surface area contributed by atoms with Gasteiger partial charge in [-0.25, -0.2) is 18.4 Å². The molecule has 4 rings (SSSR count). The third-order valence-corrected chi connectivity index (χ3v) is 6.55. The molecule has 2 heterocycles. The van der Waals surface area contributed by atoms with E-state index >= 15 is 0 Å². The van der Waals surface area contributed by atoms with Gasteiger partial charge in [0, 0.05) is 18.0 Å². The Balaban J connectivity index is 1.56. The average molecular weight is 368 g/mol. The first kappa shape index (κ1) is 16.8. The lowest BCUT2D eigenvalue weighted by Crippen LogP contribution is -2.25. The number of benzene rings is 2. The molecule has 0 radical (unpaired) electrons. The highest BCUT2D eigenvalue weighted by Crippen LogP contribution is 2.27. The van der Waals surface area contributed by atoms with Crippen LogP contribution in [0.25, 0.3) is 10.9 Å². The van der Waals surface area contributed by atoms with Crippen LogP contribution in [0, 0.1) is 0 Å². The number of rotatable bonds is 4. The molecule has 1 atom stereocenters. The predicted octanol–water partition coefficient (Wildman–Crippen LogP) is 3.34. The molecule has 0 spiro atoms. The van der Waals surface area contributed by atoms with Gasteiger partial charge in [-0.05, 0) is 43.2 Å². The molecule has 1 unspecified atom stereocenters. The van der Waals surface area contributed by atoms with Gasteiger partial charge < -0.3 is 5.32 Å². The zero-order valence-electron chi connectivity index (χ0n) is 14.5. The second kappa shape index (κ2) is 6.57. The van der Waals surface area contributed by atoms with E-state index < -0.39 is 10.0 Å². The first-order valence-corrected chi connectivity index (χ1v) is 10.2. The van der Waals surface area contributed by atoms with Crippen LogP contribution in [0.3, 0.4) is 0 Å². The molecule has 26 heavy (non-hydrogen) atoms. The van der Waals surface area contributed by atoms with E-state index in [0.717, 1.165) is 28.0 Å². The smallest absolute Gasteiger partial charge is 0.235 e. The molecule has 134 valence electrons. The van der Waals surface area contributed by atoms with E-state index in [0.29, 0.717) is 13.0 Å². The number of fused-ring (bicyclic) bond motifs is 1. The lowest BCUT2D eigenvalue weighted by Gasteiger charge is -2.19. The van der Waals surface area contributed by atoms with Crippen molar-refractivity contribution in [1.82, 2.24) is 9.97 Å². The molecule has 1 aliphatic heterocycles. The average Bonchev–Trinajstić information content (AvgIpc) is 3.01. The fraction of sp³-hybridized carbons (Fsp3) is 0.263. The van der Waals surface area contributed by atoms with E-state index in [2.05, 4.69) is 22.2 Å². The highest BCUT2D eigenvalue weighted by atomic mass is 32.2. The van der Waals surface area contributed by atoms with Crippen molar-refractivity contribution >= 4 is 32.4 Å². The number of para-hydroxylation sites is 1. The molecule has 7 heteroatoms. The van der Waals surface area contributed by atoms with Crippen LogP contribution in [0.1, 0.15) is 24.9 Å². The van der Waals surface area contributed by atoms with E-state index in [4.69, 9.17) is 0 Å². The summed E-state index contributed by atoms with van der Waals surface area (Å²) >= 11 is 0. The minimum Gasteiger partial charge on any atom is -0.363 e. The first-order valence-electron chi connectivity index (χ1n) is 8.61. The summed E-state index contributed by atoms with van der Waals surface area (Å²) < 4.78 is 25.6. The maximum absolute atomic E-state index is 12.0. The summed E-state index contributed by atoms with van der Waals surface area (Å²) in [4.78, 5) is 8.64. The van der Waals surface area contributed by atoms with E-state index in [9.17, 15) is 8.42 Å². The summed E-state index contributed by atoms with van der Waals surface area (Å²) in [5, 5.41) is 4.40. The molecule has 2 aromatic carbocycles. The quantitative estimate of drug-likeness (QED) is 0.764. The lowest BCUT2D eigenvalue weighted by atomic mass is 10.1. The number of aromatic nitrogens is 2. The van der Waals surface area contributed by atoms with E-state index in [-0.39, 0.29) is 11.8 Å². The number of hydrogen-bond acceptors (Lipinski definition) is 5. The van der Waals surface area contributed by atoms with Crippen molar-refractivity contribution in [1.29, 1.82) is 0 Å². The third-order valence-electron chi connectivity index (χ3n) is 4.68. The van der Waals surface area contributed by atoms with Gasteiger partial charge in [0.25, 0.3) is 0 Å². The Morgan fingerprint density at radius 1 is 1.08 bits per heavy atom. The van der Waals surface area contributed by atoms with Crippen molar-refractivity contribution < 1.29 is 8.42 Å². The zero-order chi connectivity index (χ0) is 18.1. The molecule has 0 amide bonds. The van der Waals surface area contributed by atoms with E-state index in [1.165, 1.54) is 4.31 Å². The molecule has 1 saturated heterocycles. The van der Waals surface area contributed by atoms with Gasteiger partial charge in [-0.3, -0.25) is 4.31 Å². The molecule has 1 aliphatic rings. The fourth-order valence-electron chi connectivity index (χ4n) is 3.27. The van der Waals surface area contributed by atoms with Gasteiger partial charge >= 0.3 is 0 Å². The SMILES string of the molecule is CC(Nc1ncnc2ccccc12)c1ccc(N2CCCS2(=O)=O)cc1. The Bertz CT molecular complexity index is 1030. The van der Waals surface area contributed by atoms with Crippen molar-refractivity contribution in [2.75, 3.05) is 21.9 Å². The monoisotopic (exact) mass is 368 g/mol. The van der Waals surface area contributed by atoms with Crippen molar-refractivity contribution in [3.05, 3.63) is 60.4 Å². The normalized spacial score (nSPS) is 17.3. The summed E-state index contributed by atoms with van der Waals surface area (Å²) in [5.41, 5.74) is 2.69. The standard InChI is InChI=1S/C19H20N4O2S/c1-14(22-19-17-5-2-3-6-18(17)20-13-21-19)15-7-9-16(10-8-15)23-11-4-12-26(23,24)25/h2-3,5-10,13-14H,4,11-12H2,1H3,(H,20,21,22). The second-order valence-corrected chi connectivity index (χ2v) is 8.45. The minimum absolute atomic E-state index is 0.0255. The molecule has 1 fully saturated rings. The van der Waals surface area contributed by atoms with E-state index in [1.54, 1.807) is 6.33 Å². The fourth-order valence-corrected chi connectivity index (χ4v) is 4.83. The van der Waals surface area contributed by atoms with Crippen molar-refractivity contribution in [2.45, 2.75) is 19.4 Å². The van der Waals surface area contributed by atoms with Crippen molar-refractivity contribution in [3.8, 4) is 0 Å². The second-order valence-electron chi connectivity index (χ2n) is 6.44. The Hall–Kier alpha value is -2.67. The number of nitrogens with zero attached hydrogens (tertiary/aromatic N) is 3. The van der Waals surface area contributed by atoms with Gasteiger partial charge in [0.1, 0.15) is 12.1 Å². The number of sulfonamides is 1. The van der Waals surface area contributed by atoms with Crippen LogP contribution in [0.5, 0.6) is 0 Å². The molecule has 3 aromatic rings. The molecule has 1 N–H and O–H groups in total. The number of nitrogens with one attached hydrogen (secondary N) is 1. The number of anilines is 2. The van der Waals surface area contributed by atoms with Crippen molar-refractivity contribution in [2.24, 2.45) is 0 Å². The highest BCUT2D eigenvalue weighted by Gasteiger charge is 2.28. The zero-order valence-corrected chi connectivity index (χ0v) is 15.3. The van der Waals surface area contributed by atoms with Crippen molar-refractivity contribution in [3.63, 3.8) is 0 Å². The Labute approximate surface area is 152 Å². The summed E-state index contributed by atoms with van der Waals surface area (Å²) in [5.74, 6) is 1.02. The first-order chi connectivity index (χ1) is 12.5. The van der Waals surface area contributed by atoms with Crippen LogP contribution in [0.4, 0.5) is 11.5 Å². The van der Waals surface area contributed by atoms with Crippen LogP contribution >= 0.6 is 0 Å². The molecule has 0 bridgehead atoms. The lowest BCUT2D eigenvalue weighted by molar-refractivity contribution is 0.599. The van der Waals surface area contributed by atoms with Crippen LogP contribution in [-0.4, -0.2) is 30.7 Å². The van der Waals surface area contributed by atoms with Gasteiger partial charge in [0.2, 0.25) is 10.0 Å². The van der Waals surface area contributed by atoms with Crippen LogP contribution in [0.2, 0.25) is 0 Å². The third kappa shape index (κ3) is 3.10. The molecule has 6 nitrogen and oxygen atoms in total. The molecule has 1 aromatic heterocycles. The Kier molecular flexibility index (Phi) is 4.24. The maximum atomic E-state index is 12.0. The topological polar surface area (TPSA) is 75.2 Å². The Morgan fingerprint density at radius 2 is 1.85 bits per heavy atom. The van der Waals surface area contributed by atoms with Gasteiger partial charge in [-0.2, -0.15) is 0 Å². The minimum atomic E-state index is -3.15. The van der Waals surface area contributed by atoms with Crippen LogP contribution in [0.15, 0.2) is 54.9 Å². The predicted molar refractivity (Wildman–Crippen MR) is 104 cm³/mol. The molecular weight excluding hydrogens is 348 g/mol. The van der Waals surface area contributed by atoms with Crippen LogP contribution in [-0.2, 0) is 10.0 Å². The summed E-state index contributed by atoms with van der Waals surface area (Å²) in [6, 6.07) is 15.6. The van der Waals surface area contributed by atoms with Gasteiger partial charge in [-0.1, -0.05) is 24.3 Å². The molecular formula is C19H20N4O2S. The summed E-state index contributed by atoms with van der Waals surface area (Å²) in [6.07, 6.45) is 2.24. The summed E-state index contributed by atoms with van der Waals surface area (Å²) in [7, 11) is -3.15. The Morgan fingerprint density at radius 3 is 2.58 bits per heavy atom. The number of hydrogen-bond donors (Lipinski definition) is 1. The van der Waals surface area contributed by atoms with Gasteiger partial charge in [0.05, 0.1) is 17.0 Å².